The average molecular weight is 131 g/mol. The van der Waals surface area contributed by atoms with Crippen molar-refractivity contribution in [3.63, 3.8) is 0 Å². The number of hydrogen-bond donors (Lipinski definition) is 0. The van der Waals surface area contributed by atoms with E-state index in [0.717, 1.165) is 16.3 Å². The molecule has 1 aromatic heterocycles. The van der Waals surface area contributed by atoms with Crippen LogP contribution in [0.15, 0.2) is 35.1 Å². The topological polar surface area (TPSA) is 13.1 Å². The van der Waals surface area contributed by atoms with Crippen LogP contribution in [-0.4, -0.2) is 0 Å². The van der Waals surface area contributed by atoms with Crippen molar-refractivity contribution >= 4 is 10.8 Å². The van der Waals surface area contributed by atoms with Crippen molar-refractivity contribution in [2.45, 2.75) is 0 Å². The quantitative estimate of drug-likeness (QED) is 0.535. The van der Waals surface area contributed by atoms with E-state index in [4.69, 9.17) is 4.42 Å². The predicted molar refractivity (Wildman–Crippen MR) is 40.7 cm³/mol. The lowest BCUT2D eigenvalue weighted by atomic mass is 10.1. The lowest BCUT2D eigenvalue weighted by Crippen LogP contribution is -1.67. The first-order valence-corrected chi connectivity index (χ1v) is 3.14. The van der Waals surface area contributed by atoms with Crippen molar-refractivity contribution in [3.05, 3.63) is 43.2 Å². The van der Waals surface area contributed by atoms with Gasteiger partial charge in [0.25, 0.3) is 0 Å². The summed E-state index contributed by atoms with van der Waals surface area (Å²) in [4.78, 5) is 0. The van der Waals surface area contributed by atoms with Crippen LogP contribution in [0.25, 0.3) is 10.8 Å². The van der Waals surface area contributed by atoms with Gasteiger partial charge in [-0.25, -0.2) is 0 Å². The van der Waals surface area contributed by atoms with Crippen molar-refractivity contribution in [3.8, 4) is 0 Å². The van der Waals surface area contributed by atoms with E-state index < -0.39 is 0 Å². The number of furan rings is 1. The summed E-state index contributed by atoms with van der Waals surface area (Å²) >= 11 is 0. The van der Waals surface area contributed by atoms with E-state index >= 15 is 0 Å². The smallest absolute Gasteiger partial charge is 0.0981 e. The lowest BCUT2D eigenvalue weighted by molar-refractivity contribution is 0.572. The van der Waals surface area contributed by atoms with Gasteiger partial charge in [-0.15, -0.1) is 0 Å². The zero-order valence-corrected chi connectivity index (χ0v) is 5.50. The summed E-state index contributed by atoms with van der Waals surface area (Å²) in [6.45, 7) is 3.81. The van der Waals surface area contributed by atoms with Crippen molar-refractivity contribution in [2.75, 3.05) is 0 Å². The van der Waals surface area contributed by atoms with E-state index in [2.05, 4.69) is 6.92 Å². The maximum Gasteiger partial charge on any atom is 0.0981 e. The van der Waals surface area contributed by atoms with Crippen LogP contribution in [0.4, 0.5) is 0 Å². The molecule has 1 aromatic carbocycles. The minimum atomic E-state index is 1.02. The van der Waals surface area contributed by atoms with Crippen LogP contribution in [0.2, 0.25) is 0 Å². The molecule has 10 heavy (non-hydrogen) atoms. The minimum absolute atomic E-state index is 1.02. The van der Waals surface area contributed by atoms with Gasteiger partial charge in [-0.05, 0) is 18.6 Å². The molecule has 2 rings (SSSR count). The molecular weight excluding hydrogens is 124 g/mol. The predicted octanol–water partition coefficient (Wildman–Crippen LogP) is 2.61. The summed E-state index contributed by atoms with van der Waals surface area (Å²) in [6, 6.07) is 5.97. The zero-order valence-electron chi connectivity index (χ0n) is 5.50. The highest BCUT2D eigenvalue weighted by molar-refractivity contribution is 5.81. The Morgan fingerprint density at radius 3 is 2.80 bits per heavy atom. The Bertz CT molecular complexity index is 346. The molecule has 1 heterocycles. The van der Waals surface area contributed by atoms with Gasteiger partial charge in [-0.3, -0.25) is 0 Å². The van der Waals surface area contributed by atoms with Crippen LogP contribution < -0.4 is 0 Å². The number of benzene rings is 1. The van der Waals surface area contributed by atoms with Gasteiger partial charge in [0.2, 0.25) is 0 Å². The molecular formula is C9H7O. The van der Waals surface area contributed by atoms with Crippen LogP contribution in [0.1, 0.15) is 5.56 Å². The first kappa shape index (κ1) is 5.54. The van der Waals surface area contributed by atoms with Crippen molar-refractivity contribution in [2.24, 2.45) is 0 Å². The van der Waals surface area contributed by atoms with Gasteiger partial charge in [-0.2, -0.15) is 0 Å². The molecule has 0 aliphatic carbocycles. The van der Waals surface area contributed by atoms with E-state index in [-0.39, 0.29) is 0 Å². The monoisotopic (exact) mass is 131 g/mol. The summed E-state index contributed by atoms with van der Waals surface area (Å²) in [5.74, 6) is 0. The van der Waals surface area contributed by atoms with Gasteiger partial charge >= 0.3 is 0 Å². The largest absolute Gasteiger partial charge is 0.471 e. The molecule has 2 aromatic rings. The molecule has 1 heteroatoms. The first-order chi connectivity index (χ1) is 4.86. The average Bonchev–Trinajstić information content (AvgIpc) is 2.33. The first-order valence-electron chi connectivity index (χ1n) is 3.14. The second-order valence-corrected chi connectivity index (χ2v) is 2.34. The third kappa shape index (κ3) is 0.711. The van der Waals surface area contributed by atoms with Gasteiger partial charge in [0, 0.05) is 10.8 Å². The van der Waals surface area contributed by atoms with E-state index in [1.165, 1.54) is 0 Å². The van der Waals surface area contributed by atoms with Gasteiger partial charge in [0.15, 0.2) is 0 Å². The molecule has 0 saturated carbocycles. The zero-order chi connectivity index (χ0) is 6.97. The summed E-state index contributed by atoms with van der Waals surface area (Å²) in [5, 5.41) is 2.25. The Labute approximate surface area is 59.3 Å². The molecule has 0 aliphatic heterocycles. The van der Waals surface area contributed by atoms with Crippen LogP contribution in [0.5, 0.6) is 0 Å². The fourth-order valence-corrected chi connectivity index (χ4v) is 1.01. The van der Waals surface area contributed by atoms with Crippen molar-refractivity contribution < 1.29 is 4.42 Å². The Kier molecular flexibility index (Phi) is 1.04. The van der Waals surface area contributed by atoms with E-state index in [0.29, 0.717) is 0 Å². The van der Waals surface area contributed by atoms with Crippen LogP contribution in [0, 0.1) is 6.92 Å². The highest BCUT2D eigenvalue weighted by atomic mass is 16.3. The standard InChI is InChI=1S/C9H7O/c1-7-2-3-8-5-10-6-9(8)4-7/h2-6H,1H2. The van der Waals surface area contributed by atoms with Crippen LogP contribution in [0.3, 0.4) is 0 Å². The van der Waals surface area contributed by atoms with Gasteiger partial charge < -0.3 is 4.42 Å². The fraction of sp³-hybridized carbons (Fsp3) is 0. The molecule has 0 unspecified atom stereocenters. The number of rotatable bonds is 0. The number of hydrogen-bond acceptors (Lipinski definition) is 1. The second-order valence-electron chi connectivity index (χ2n) is 2.34. The second kappa shape index (κ2) is 1.87. The van der Waals surface area contributed by atoms with E-state index in [1.807, 2.05) is 18.2 Å². The Morgan fingerprint density at radius 2 is 1.90 bits per heavy atom. The molecule has 49 valence electrons. The maximum absolute atomic E-state index is 4.99. The summed E-state index contributed by atoms with van der Waals surface area (Å²) in [7, 11) is 0. The van der Waals surface area contributed by atoms with Crippen molar-refractivity contribution in [1.82, 2.24) is 0 Å². The normalized spacial score (nSPS) is 10.5. The Hall–Kier alpha value is -1.24. The highest BCUT2D eigenvalue weighted by Gasteiger charge is 1.93. The molecule has 1 nitrogen and oxygen atoms in total. The molecule has 0 fully saturated rings. The Morgan fingerprint density at radius 1 is 1.10 bits per heavy atom. The summed E-state index contributed by atoms with van der Waals surface area (Å²) in [5.41, 5.74) is 1.02. The summed E-state index contributed by atoms with van der Waals surface area (Å²) < 4.78 is 4.99. The number of fused-ring (bicyclic) bond motifs is 1. The molecule has 0 N–H and O–H groups in total. The van der Waals surface area contributed by atoms with Gasteiger partial charge in [0.05, 0.1) is 12.5 Å². The Balaban J connectivity index is 2.86. The van der Waals surface area contributed by atoms with Crippen molar-refractivity contribution in [1.29, 1.82) is 0 Å². The molecule has 0 atom stereocenters. The molecule has 0 amide bonds. The van der Waals surface area contributed by atoms with E-state index in [1.54, 1.807) is 12.5 Å². The summed E-state index contributed by atoms with van der Waals surface area (Å²) in [6.07, 6.45) is 3.46. The third-order valence-corrected chi connectivity index (χ3v) is 1.54. The van der Waals surface area contributed by atoms with Gasteiger partial charge in [0.1, 0.15) is 0 Å². The minimum Gasteiger partial charge on any atom is -0.471 e. The third-order valence-electron chi connectivity index (χ3n) is 1.54. The van der Waals surface area contributed by atoms with Crippen LogP contribution in [-0.2, 0) is 0 Å². The van der Waals surface area contributed by atoms with Gasteiger partial charge in [-0.1, -0.05) is 12.1 Å². The highest BCUT2D eigenvalue weighted by Crippen LogP contribution is 2.15. The molecule has 0 aliphatic rings. The SMILES string of the molecule is [CH2]c1ccc2cocc2c1. The molecule has 0 bridgehead atoms. The maximum atomic E-state index is 4.99. The molecule has 1 radical (unpaired) electrons. The lowest BCUT2D eigenvalue weighted by Gasteiger charge is -1.88. The molecule has 0 saturated heterocycles. The molecule has 0 spiro atoms. The van der Waals surface area contributed by atoms with E-state index in [9.17, 15) is 0 Å². The van der Waals surface area contributed by atoms with Crippen LogP contribution >= 0.6 is 0 Å². The fourth-order valence-electron chi connectivity index (χ4n) is 1.01.